The van der Waals surface area contributed by atoms with Crippen molar-refractivity contribution in [3.05, 3.63) is 0 Å². The molecule has 0 amide bonds. The SMILES string of the molecule is Cl.O=C(O)O.O=P(O)(O)O. The van der Waals surface area contributed by atoms with Crippen molar-refractivity contribution in [2.24, 2.45) is 0 Å². The summed E-state index contributed by atoms with van der Waals surface area (Å²) in [5.74, 6) is 0. The minimum absolute atomic E-state index is 0. The fraction of sp³-hybridized carbons (Fsp3) is 0. The van der Waals surface area contributed by atoms with Crippen molar-refractivity contribution in [1.29, 1.82) is 0 Å². The molecule has 10 heavy (non-hydrogen) atoms. The molecule has 0 spiro atoms. The van der Waals surface area contributed by atoms with E-state index in [-0.39, 0.29) is 12.4 Å². The number of rotatable bonds is 0. The average Bonchev–Trinajstić information content (AvgIpc) is 1.19. The van der Waals surface area contributed by atoms with E-state index in [0.29, 0.717) is 0 Å². The van der Waals surface area contributed by atoms with Crippen molar-refractivity contribution >= 4 is 26.4 Å². The lowest BCUT2D eigenvalue weighted by Gasteiger charge is -1.82. The second kappa shape index (κ2) is 6.79. The Kier molecular flexibility index (Phi) is 11.1. The molecule has 0 saturated heterocycles. The predicted molar refractivity (Wildman–Crippen MR) is 32.2 cm³/mol. The lowest BCUT2D eigenvalue weighted by Crippen LogP contribution is -1.81. The van der Waals surface area contributed by atoms with E-state index in [9.17, 15) is 0 Å². The van der Waals surface area contributed by atoms with Crippen LogP contribution in [0.15, 0.2) is 0 Å². The summed E-state index contributed by atoms with van der Waals surface area (Å²) < 4.78 is 8.88. The molecule has 0 bridgehead atoms. The van der Waals surface area contributed by atoms with Crippen LogP contribution < -0.4 is 0 Å². The van der Waals surface area contributed by atoms with Gasteiger partial charge in [-0.3, -0.25) is 0 Å². The minimum atomic E-state index is -4.64. The van der Waals surface area contributed by atoms with Crippen LogP contribution in [-0.2, 0) is 4.57 Å². The first-order chi connectivity index (χ1) is 3.73. The zero-order valence-corrected chi connectivity index (χ0v) is 6.12. The van der Waals surface area contributed by atoms with E-state index in [1.807, 2.05) is 0 Å². The summed E-state index contributed by atoms with van der Waals surface area (Å²) in [6.45, 7) is 0. The lowest BCUT2D eigenvalue weighted by atomic mass is 11.5. The van der Waals surface area contributed by atoms with Gasteiger partial charge in [0.15, 0.2) is 0 Å². The highest BCUT2D eigenvalue weighted by molar-refractivity contribution is 7.45. The van der Waals surface area contributed by atoms with E-state index in [1.165, 1.54) is 0 Å². The second-order valence-electron chi connectivity index (χ2n) is 0.796. The quantitative estimate of drug-likeness (QED) is 0.336. The largest absolute Gasteiger partial charge is 0.503 e. The molecule has 0 radical (unpaired) electrons. The molecule has 64 valence electrons. The first-order valence-corrected chi connectivity index (χ1v) is 3.00. The van der Waals surface area contributed by atoms with E-state index in [0.717, 1.165) is 0 Å². The highest BCUT2D eigenvalue weighted by Crippen LogP contribution is 2.25. The maximum absolute atomic E-state index is 8.88. The van der Waals surface area contributed by atoms with Crippen molar-refractivity contribution in [2.75, 3.05) is 0 Å². The summed E-state index contributed by atoms with van der Waals surface area (Å²) in [6.07, 6.45) is -1.83. The Balaban J connectivity index is -0.0000000910. The van der Waals surface area contributed by atoms with Crippen LogP contribution in [-0.4, -0.2) is 31.0 Å². The van der Waals surface area contributed by atoms with Crippen LogP contribution in [0.3, 0.4) is 0 Å². The van der Waals surface area contributed by atoms with Crippen molar-refractivity contribution < 1.29 is 34.3 Å². The van der Waals surface area contributed by atoms with Crippen molar-refractivity contribution in [3.63, 3.8) is 0 Å². The molecule has 0 heterocycles. The predicted octanol–water partition coefficient (Wildman–Crippen LogP) is -0.284. The molecule has 0 aromatic rings. The van der Waals surface area contributed by atoms with Crippen LogP contribution in [0, 0.1) is 0 Å². The number of phosphoric acid groups is 1. The molecule has 5 N–H and O–H groups in total. The van der Waals surface area contributed by atoms with Gasteiger partial charge in [0.2, 0.25) is 0 Å². The molecule has 0 aliphatic carbocycles. The van der Waals surface area contributed by atoms with E-state index in [1.54, 1.807) is 0 Å². The van der Waals surface area contributed by atoms with Crippen LogP contribution in [0.4, 0.5) is 4.79 Å². The monoisotopic (exact) mass is 196 g/mol. The third-order valence-corrected chi connectivity index (χ3v) is 0. The maximum Gasteiger partial charge on any atom is 0.503 e. The average molecular weight is 196 g/mol. The first kappa shape index (κ1) is 16.3. The second-order valence-corrected chi connectivity index (χ2v) is 1.82. The molecule has 9 heteroatoms. The van der Waals surface area contributed by atoms with E-state index in [2.05, 4.69) is 0 Å². The summed E-state index contributed by atoms with van der Waals surface area (Å²) in [6, 6.07) is 0. The Morgan fingerprint density at radius 3 is 1.10 bits per heavy atom. The van der Waals surface area contributed by atoms with Crippen LogP contribution in [0.5, 0.6) is 0 Å². The molecule has 0 aliphatic rings. The molecule has 0 saturated carbocycles. The van der Waals surface area contributed by atoms with Gasteiger partial charge in [-0.05, 0) is 0 Å². The summed E-state index contributed by atoms with van der Waals surface area (Å²) in [5, 5.41) is 13.9. The normalized spacial score (nSPS) is 8.30. The molecule has 7 nitrogen and oxygen atoms in total. The van der Waals surface area contributed by atoms with Crippen molar-refractivity contribution in [3.8, 4) is 0 Å². The Hall–Kier alpha value is -0.330. The van der Waals surface area contributed by atoms with Gasteiger partial charge in [-0.15, -0.1) is 12.4 Å². The minimum Gasteiger partial charge on any atom is -0.450 e. The molecule has 0 unspecified atom stereocenters. The van der Waals surface area contributed by atoms with Gasteiger partial charge in [0, 0.05) is 0 Å². The van der Waals surface area contributed by atoms with Gasteiger partial charge in [0.25, 0.3) is 0 Å². The molecule has 0 aromatic heterocycles. The topological polar surface area (TPSA) is 135 Å². The van der Waals surface area contributed by atoms with Crippen LogP contribution in [0.25, 0.3) is 0 Å². The Morgan fingerprint density at radius 2 is 1.10 bits per heavy atom. The highest BCUT2D eigenvalue weighted by atomic mass is 35.5. The van der Waals surface area contributed by atoms with Gasteiger partial charge in [-0.1, -0.05) is 0 Å². The number of carboxylic acid groups (broad SMARTS) is 2. The summed E-state index contributed by atoms with van der Waals surface area (Å²) >= 11 is 0. The fourth-order valence-corrected chi connectivity index (χ4v) is 0. The molecular weight excluding hydrogens is 190 g/mol. The van der Waals surface area contributed by atoms with Gasteiger partial charge >= 0.3 is 14.0 Å². The zero-order chi connectivity index (χ0) is 8.08. The lowest BCUT2D eigenvalue weighted by molar-refractivity contribution is 0.137. The van der Waals surface area contributed by atoms with Crippen LogP contribution >= 0.6 is 20.2 Å². The zero-order valence-electron chi connectivity index (χ0n) is 4.41. The molecule has 0 aromatic carbocycles. The van der Waals surface area contributed by atoms with Crippen LogP contribution in [0.2, 0.25) is 0 Å². The third kappa shape index (κ3) is 3130. The van der Waals surface area contributed by atoms with Gasteiger partial charge in [0.05, 0.1) is 0 Å². The van der Waals surface area contributed by atoms with Crippen molar-refractivity contribution in [1.82, 2.24) is 0 Å². The first-order valence-electron chi connectivity index (χ1n) is 1.43. The Bertz CT molecular complexity index is 113. The van der Waals surface area contributed by atoms with Gasteiger partial charge in [-0.25, -0.2) is 9.36 Å². The van der Waals surface area contributed by atoms with Crippen LogP contribution in [0.1, 0.15) is 0 Å². The number of halogens is 1. The van der Waals surface area contributed by atoms with Crippen molar-refractivity contribution in [2.45, 2.75) is 0 Å². The van der Waals surface area contributed by atoms with E-state index in [4.69, 9.17) is 34.3 Å². The smallest absolute Gasteiger partial charge is 0.450 e. The molecule has 0 aliphatic heterocycles. The summed E-state index contributed by atoms with van der Waals surface area (Å²) in [7, 11) is -4.64. The Morgan fingerprint density at radius 1 is 1.10 bits per heavy atom. The molecule has 0 fully saturated rings. The standard InChI is InChI=1S/CH2O3.ClH.H3O4P/c2-1(3)4;;1-5(2,3)4/h(H2,2,3,4);1H;(H3,1,2,3,4). The Labute approximate surface area is 61.6 Å². The number of hydrogen-bond acceptors (Lipinski definition) is 2. The van der Waals surface area contributed by atoms with E-state index < -0.39 is 14.0 Å². The molecular formula is CH6ClO7P. The van der Waals surface area contributed by atoms with E-state index >= 15 is 0 Å². The molecule has 0 atom stereocenters. The fourth-order valence-electron chi connectivity index (χ4n) is 0. The van der Waals surface area contributed by atoms with Gasteiger partial charge < -0.3 is 24.9 Å². The highest BCUT2D eigenvalue weighted by Gasteiger charge is 2.00. The summed E-state index contributed by atoms with van der Waals surface area (Å²) in [5.41, 5.74) is 0. The maximum atomic E-state index is 8.88. The van der Waals surface area contributed by atoms with Gasteiger partial charge in [0.1, 0.15) is 0 Å². The third-order valence-electron chi connectivity index (χ3n) is 0. The molecule has 0 rings (SSSR count). The number of hydrogen-bond donors (Lipinski definition) is 5. The summed E-state index contributed by atoms with van der Waals surface area (Å²) in [4.78, 5) is 30.1. The number of carbonyl (C=O) groups is 1. The van der Waals surface area contributed by atoms with Gasteiger partial charge in [-0.2, -0.15) is 0 Å².